The third-order valence-corrected chi connectivity index (χ3v) is 5.55. The fourth-order valence-electron chi connectivity index (χ4n) is 3.90. The summed E-state index contributed by atoms with van der Waals surface area (Å²) in [6, 6.07) is 4.68. The van der Waals surface area contributed by atoms with Crippen LogP contribution in [-0.4, -0.2) is 84.8 Å². The molecule has 1 saturated heterocycles. The average molecular weight is 430 g/mol. The van der Waals surface area contributed by atoms with Crippen molar-refractivity contribution < 1.29 is 23.9 Å². The van der Waals surface area contributed by atoms with Crippen LogP contribution in [0.15, 0.2) is 18.2 Å². The highest BCUT2D eigenvalue weighted by Gasteiger charge is 2.36. The zero-order valence-electron chi connectivity index (χ0n) is 18.8. The van der Waals surface area contributed by atoms with E-state index < -0.39 is 0 Å². The van der Waals surface area contributed by atoms with Crippen molar-refractivity contribution >= 4 is 23.6 Å². The molecule has 3 rings (SSSR count). The minimum atomic E-state index is -0.372. The van der Waals surface area contributed by atoms with E-state index in [1.807, 2.05) is 20.8 Å². The van der Waals surface area contributed by atoms with Crippen molar-refractivity contribution in [3.05, 3.63) is 34.9 Å². The van der Waals surface area contributed by atoms with Crippen molar-refractivity contribution in [2.24, 2.45) is 5.41 Å². The Balaban J connectivity index is 1.64. The number of rotatable bonds is 6. The number of fused-ring (bicyclic) bond motifs is 1. The molecule has 1 aromatic carbocycles. The molecule has 4 amide bonds. The molecule has 1 fully saturated rings. The molecule has 2 aliphatic rings. The summed E-state index contributed by atoms with van der Waals surface area (Å²) in [6.45, 7) is 8.72. The van der Waals surface area contributed by atoms with Crippen molar-refractivity contribution in [1.82, 2.24) is 14.7 Å². The lowest BCUT2D eigenvalue weighted by atomic mass is 9.91. The predicted molar refractivity (Wildman–Crippen MR) is 115 cm³/mol. The van der Waals surface area contributed by atoms with Crippen LogP contribution in [0.2, 0.25) is 0 Å². The van der Waals surface area contributed by atoms with Crippen molar-refractivity contribution in [2.75, 3.05) is 46.4 Å². The Kier molecular flexibility index (Phi) is 6.79. The van der Waals surface area contributed by atoms with E-state index in [1.165, 1.54) is 11.0 Å². The summed E-state index contributed by atoms with van der Waals surface area (Å²) in [5.41, 5.74) is 0.910. The van der Waals surface area contributed by atoms with Crippen LogP contribution in [0.5, 0.6) is 0 Å². The lowest BCUT2D eigenvalue weighted by Gasteiger charge is -2.36. The largest absolute Gasteiger partial charge is 0.385 e. The summed E-state index contributed by atoms with van der Waals surface area (Å²) >= 11 is 0. The van der Waals surface area contributed by atoms with Crippen molar-refractivity contribution in [3.63, 3.8) is 0 Å². The lowest BCUT2D eigenvalue weighted by molar-refractivity contribution is -0.134. The second-order valence-electron chi connectivity index (χ2n) is 9.28. The molecule has 0 bridgehead atoms. The summed E-state index contributed by atoms with van der Waals surface area (Å²) in [7, 11) is 1.57. The summed E-state index contributed by atoms with van der Waals surface area (Å²) < 4.78 is 4.99. The standard InChI is InChI=1S/C23H31N3O5/c1-23(2,3)15-19(27)24-9-11-25(12-10-24)20(28)16-6-7-17-18(14-16)22(30)26(21(17)29)8-5-13-31-4/h6-7,14H,5,8-13,15H2,1-4H3. The van der Waals surface area contributed by atoms with E-state index in [0.29, 0.717) is 56.8 Å². The highest BCUT2D eigenvalue weighted by atomic mass is 16.5. The molecule has 0 atom stereocenters. The molecule has 0 aliphatic carbocycles. The van der Waals surface area contributed by atoms with Crippen LogP contribution in [-0.2, 0) is 9.53 Å². The van der Waals surface area contributed by atoms with Gasteiger partial charge in [-0.25, -0.2) is 0 Å². The molecular weight excluding hydrogens is 398 g/mol. The SMILES string of the molecule is COCCCN1C(=O)c2ccc(C(=O)N3CCN(C(=O)CC(C)(C)C)CC3)cc2C1=O. The zero-order chi connectivity index (χ0) is 22.8. The number of carbonyl (C=O) groups excluding carboxylic acids is 4. The van der Waals surface area contributed by atoms with E-state index in [1.54, 1.807) is 29.0 Å². The third kappa shape index (κ3) is 5.12. The quantitative estimate of drug-likeness (QED) is 0.510. The summed E-state index contributed by atoms with van der Waals surface area (Å²) in [4.78, 5) is 55.3. The number of hydrogen-bond acceptors (Lipinski definition) is 5. The zero-order valence-corrected chi connectivity index (χ0v) is 18.8. The summed E-state index contributed by atoms with van der Waals surface area (Å²) in [5.74, 6) is -0.789. The van der Waals surface area contributed by atoms with E-state index in [-0.39, 0.29) is 41.2 Å². The summed E-state index contributed by atoms with van der Waals surface area (Å²) in [6.07, 6.45) is 1.04. The molecule has 0 spiro atoms. The number of ether oxygens (including phenoxy) is 1. The van der Waals surface area contributed by atoms with Crippen LogP contribution in [0.4, 0.5) is 0 Å². The predicted octanol–water partition coefficient (Wildman–Crippen LogP) is 2.04. The third-order valence-electron chi connectivity index (χ3n) is 5.55. The number of piperazine rings is 1. The van der Waals surface area contributed by atoms with Gasteiger partial charge in [0.15, 0.2) is 0 Å². The van der Waals surface area contributed by atoms with Crippen LogP contribution in [0.25, 0.3) is 0 Å². The first-order valence-electron chi connectivity index (χ1n) is 10.7. The Morgan fingerprint density at radius 3 is 2.19 bits per heavy atom. The molecule has 8 heteroatoms. The van der Waals surface area contributed by atoms with Gasteiger partial charge in [-0.05, 0) is 30.0 Å². The maximum atomic E-state index is 13.0. The number of amides is 4. The minimum Gasteiger partial charge on any atom is -0.385 e. The number of hydrogen-bond donors (Lipinski definition) is 0. The normalized spacial score (nSPS) is 16.7. The Morgan fingerprint density at radius 1 is 0.968 bits per heavy atom. The van der Waals surface area contributed by atoms with E-state index in [2.05, 4.69) is 0 Å². The first-order chi connectivity index (χ1) is 14.6. The molecule has 0 aromatic heterocycles. The number of methoxy groups -OCH3 is 1. The van der Waals surface area contributed by atoms with Gasteiger partial charge in [-0.1, -0.05) is 20.8 Å². The highest BCUT2D eigenvalue weighted by molar-refractivity contribution is 6.22. The lowest BCUT2D eigenvalue weighted by Crippen LogP contribution is -2.51. The van der Waals surface area contributed by atoms with Crippen LogP contribution in [0.1, 0.15) is 64.7 Å². The van der Waals surface area contributed by atoms with Crippen LogP contribution < -0.4 is 0 Å². The van der Waals surface area contributed by atoms with Gasteiger partial charge in [0.2, 0.25) is 5.91 Å². The Labute approximate surface area is 183 Å². The number of benzene rings is 1. The highest BCUT2D eigenvalue weighted by Crippen LogP contribution is 2.25. The maximum Gasteiger partial charge on any atom is 0.261 e. The smallest absolute Gasteiger partial charge is 0.261 e. The monoisotopic (exact) mass is 429 g/mol. The fraction of sp³-hybridized carbons (Fsp3) is 0.565. The van der Waals surface area contributed by atoms with Gasteiger partial charge in [-0.15, -0.1) is 0 Å². The van der Waals surface area contributed by atoms with Gasteiger partial charge in [0, 0.05) is 58.4 Å². The minimum absolute atomic E-state index is 0.0735. The molecule has 0 saturated carbocycles. The van der Waals surface area contributed by atoms with Crippen molar-refractivity contribution in [3.8, 4) is 0 Å². The van der Waals surface area contributed by atoms with Gasteiger partial charge in [-0.3, -0.25) is 24.1 Å². The maximum absolute atomic E-state index is 13.0. The molecular formula is C23H31N3O5. The fourth-order valence-corrected chi connectivity index (χ4v) is 3.90. The van der Waals surface area contributed by atoms with E-state index >= 15 is 0 Å². The topological polar surface area (TPSA) is 87.2 Å². The van der Waals surface area contributed by atoms with Gasteiger partial charge < -0.3 is 14.5 Å². The van der Waals surface area contributed by atoms with E-state index in [4.69, 9.17) is 4.74 Å². The first kappa shape index (κ1) is 22.9. The van der Waals surface area contributed by atoms with Crippen LogP contribution in [0.3, 0.4) is 0 Å². The Hall–Kier alpha value is -2.74. The van der Waals surface area contributed by atoms with E-state index in [0.717, 1.165) is 0 Å². The second-order valence-corrected chi connectivity index (χ2v) is 9.28. The van der Waals surface area contributed by atoms with Crippen LogP contribution >= 0.6 is 0 Å². The molecule has 0 radical (unpaired) electrons. The molecule has 0 unspecified atom stereocenters. The average Bonchev–Trinajstić information content (AvgIpc) is 2.96. The molecule has 0 N–H and O–H groups in total. The second kappa shape index (κ2) is 9.18. The molecule has 8 nitrogen and oxygen atoms in total. The number of nitrogens with zero attached hydrogens (tertiary/aromatic N) is 3. The number of imide groups is 1. The van der Waals surface area contributed by atoms with Gasteiger partial charge in [0.05, 0.1) is 11.1 Å². The first-order valence-corrected chi connectivity index (χ1v) is 10.7. The number of carbonyl (C=O) groups is 4. The van der Waals surface area contributed by atoms with Crippen molar-refractivity contribution in [2.45, 2.75) is 33.6 Å². The molecule has 2 aliphatic heterocycles. The summed E-state index contributed by atoms with van der Waals surface area (Å²) in [5, 5.41) is 0. The Bertz CT molecular complexity index is 882. The van der Waals surface area contributed by atoms with E-state index in [9.17, 15) is 19.2 Å². The van der Waals surface area contributed by atoms with Gasteiger partial charge in [0.25, 0.3) is 17.7 Å². The molecule has 1 aromatic rings. The van der Waals surface area contributed by atoms with Crippen LogP contribution in [0, 0.1) is 5.41 Å². The van der Waals surface area contributed by atoms with Gasteiger partial charge >= 0.3 is 0 Å². The Morgan fingerprint density at radius 2 is 1.58 bits per heavy atom. The molecule has 31 heavy (non-hydrogen) atoms. The van der Waals surface area contributed by atoms with Gasteiger partial charge in [-0.2, -0.15) is 0 Å². The van der Waals surface area contributed by atoms with Crippen molar-refractivity contribution in [1.29, 1.82) is 0 Å². The molecule has 2 heterocycles. The molecule has 168 valence electrons. The van der Waals surface area contributed by atoms with Gasteiger partial charge in [0.1, 0.15) is 0 Å².